The van der Waals surface area contributed by atoms with E-state index < -0.39 is 5.60 Å². The highest BCUT2D eigenvalue weighted by molar-refractivity contribution is 8.00. The number of carbonyl (C=O) groups is 1. The minimum absolute atomic E-state index is 0.00417. The molecule has 1 rings (SSSR count). The van der Waals surface area contributed by atoms with E-state index in [0.717, 1.165) is 6.42 Å². The minimum Gasteiger partial charge on any atom is -0.444 e. The van der Waals surface area contributed by atoms with Crippen molar-refractivity contribution in [3.05, 3.63) is 0 Å². The van der Waals surface area contributed by atoms with Gasteiger partial charge in [0.25, 0.3) is 0 Å². The molecule has 0 saturated carbocycles. The highest BCUT2D eigenvalue weighted by Crippen LogP contribution is 2.44. The number of nitrogens with two attached hydrogens (primary N) is 1. The molecule has 0 aliphatic carbocycles. The Bertz CT molecular complexity index is 313. The van der Waals surface area contributed by atoms with E-state index >= 15 is 0 Å². The summed E-state index contributed by atoms with van der Waals surface area (Å²) in [5.41, 5.74) is 5.65. The van der Waals surface area contributed by atoms with Gasteiger partial charge in [-0.3, -0.25) is 0 Å². The number of nitrogens with one attached hydrogen (secondary N) is 1. The molecule has 1 amide bonds. The first kappa shape index (κ1) is 16.6. The molecule has 0 aromatic carbocycles. The van der Waals surface area contributed by atoms with E-state index in [2.05, 4.69) is 19.2 Å². The maximum atomic E-state index is 11.5. The molecular weight excluding hydrogens is 260 g/mol. The van der Waals surface area contributed by atoms with Gasteiger partial charge in [-0.15, -0.1) is 0 Å². The molecular formula is C14H28N2O2S. The number of thioether (sulfide) groups is 1. The zero-order valence-corrected chi connectivity index (χ0v) is 13.6. The van der Waals surface area contributed by atoms with Crippen molar-refractivity contribution in [2.45, 2.75) is 63.9 Å². The number of carbonyl (C=O) groups excluding carboxylic acids is 1. The average molecular weight is 288 g/mol. The fourth-order valence-electron chi connectivity index (χ4n) is 2.31. The summed E-state index contributed by atoms with van der Waals surface area (Å²) >= 11 is 2.01. The molecule has 0 bridgehead atoms. The summed E-state index contributed by atoms with van der Waals surface area (Å²) < 4.78 is 5.50. The lowest BCUT2D eigenvalue weighted by atomic mass is 9.87. The van der Waals surface area contributed by atoms with Crippen LogP contribution >= 0.6 is 11.8 Å². The average Bonchev–Trinajstić information content (AvgIpc) is 2.53. The SMILES string of the molecule is CC(C)(C)OC(=O)NCC(N)CC1CCSC1(C)C. The monoisotopic (exact) mass is 288 g/mol. The van der Waals surface area contributed by atoms with E-state index in [1.807, 2.05) is 32.5 Å². The molecule has 2 atom stereocenters. The molecule has 5 heteroatoms. The molecule has 0 radical (unpaired) electrons. The highest BCUT2D eigenvalue weighted by atomic mass is 32.2. The van der Waals surface area contributed by atoms with Gasteiger partial charge in [0.2, 0.25) is 0 Å². The first-order valence-electron chi connectivity index (χ1n) is 6.96. The van der Waals surface area contributed by atoms with Gasteiger partial charge in [-0.25, -0.2) is 4.79 Å². The van der Waals surface area contributed by atoms with Crippen LogP contribution in [-0.2, 0) is 4.74 Å². The lowest BCUT2D eigenvalue weighted by Crippen LogP contribution is -2.42. The Morgan fingerprint density at radius 2 is 2.16 bits per heavy atom. The Balaban J connectivity index is 2.28. The van der Waals surface area contributed by atoms with Crippen molar-refractivity contribution in [3.63, 3.8) is 0 Å². The van der Waals surface area contributed by atoms with Crippen LogP contribution in [0.2, 0.25) is 0 Å². The Morgan fingerprint density at radius 3 is 2.63 bits per heavy atom. The third-order valence-electron chi connectivity index (χ3n) is 3.42. The Labute approximate surface area is 121 Å². The third kappa shape index (κ3) is 6.04. The molecule has 1 aliphatic heterocycles. The first-order chi connectivity index (χ1) is 8.60. The molecule has 0 aromatic rings. The van der Waals surface area contributed by atoms with Crippen LogP contribution in [0.5, 0.6) is 0 Å². The van der Waals surface area contributed by atoms with E-state index in [9.17, 15) is 4.79 Å². The van der Waals surface area contributed by atoms with Gasteiger partial charge in [-0.05, 0) is 45.3 Å². The molecule has 19 heavy (non-hydrogen) atoms. The van der Waals surface area contributed by atoms with Gasteiger partial charge in [-0.1, -0.05) is 13.8 Å². The van der Waals surface area contributed by atoms with E-state index in [-0.39, 0.29) is 12.1 Å². The number of hydrogen-bond donors (Lipinski definition) is 2. The number of hydrogen-bond acceptors (Lipinski definition) is 4. The quantitative estimate of drug-likeness (QED) is 0.835. The molecule has 1 saturated heterocycles. The van der Waals surface area contributed by atoms with Crippen LogP contribution in [0, 0.1) is 5.92 Å². The Kier molecular flexibility index (Phi) is 5.56. The molecule has 1 aliphatic rings. The second-order valence-electron chi connectivity index (χ2n) is 6.82. The zero-order chi connectivity index (χ0) is 14.7. The van der Waals surface area contributed by atoms with Crippen LogP contribution in [0.15, 0.2) is 0 Å². The summed E-state index contributed by atoms with van der Waals surface area (Å²) in [6, 6.07) is -0.00417. The Hall–Kier alpha value is -0.420. The molecule has 1 fully saturated rings. The molecule has 1 heterocycles. The van der Waals surface area contributed by atoms with Crippen LogP contribution in [-0.4, -0.2) is 34.8 Å². The number of ether oxygens (including phenoxy) is 1. The molecule has 4 nitrogen and oxygen atoms in total. The molecule has 2 unspecified atom stereocenters. The molecule has 3 N–H and O–H groups in total. The number of alkyl carbamates (subject to hydrolysis) is 1. The second kappa shape index (κ2) is 6.35. The van der Waals surface area contributed by atoms with Crippen molar-refractivity contribution in [2.75, 3.05) is 12.3 Å². The minimum atomic E-state index is -0.460. The van der Waals surface area contributed by atoms with Crippen LogP contribution in [0.4, 0.5) is 4.79 Å². The summed E-state index contributed by atoms with van der Waals surface area (Å²) in [6.45, 7) is 10.6. The molecule has 0 spiro atoms. The van der Waals surface area contributed by atoms with Crippen molar-refractivity contribution in [1.29, 1.82) is 0 Å². The van der Waals surface area contributed by atoms with Gasteiger partial charge in [-0.2, -0.15) is 11.8 Å². The predicted molar refractivity (Wildman–Crippen MR) is 81.5 cm³/mol. The van der Waals surface area contributed by atoms with E-state index in [0.29, 0.717) is 17.2 Å². The smallest absolute Gasteiger partial charge is 0.407 e. The summed E-state index contributed by atoms with van der Waals surface area (Å²) in [5, 5.41) is 2.75. The summed E-state index contributed by atoms with van der Waals surface area (Å²) in [6.07, 6.45) is 1.79. The fraction of sp³-hybridized carbons (Fsp3) is 0.929. The van der Waals surface area contributed by atoms with Gasteiger partial charge in [0, 0.05) is 17.3 Å². The van der Waals surface area contributed by atoms with Crippen molar-refractivity contribution in [1.82, 2.24) is 5.32 Å². The lowest BCUT2D eigenvalue weighted by Gasteiger charge is -2.28. The topological polar surface area (TPSA) is 64.3 Å². The van der Waals surface area contributed by atoms with Gasteiger partial charge >= 0.3 is 6.09 Å². The molecule has 112 valence electrons. The van der Waals surface area contributed by atoms with Crippen molar-refractivity contribution in [2.24, 2.45) is 11.7 Å². The first-order valence-corrected chi connectivity index (χ1v) is 7.95. The summed E-state index contributed by atoms with van der Waals surface area (Å²) in [5.74, 6) is 1.84. The summed E-state index contributed by atoms with van der Waals surface area (Å²) in [4.78, 5) is 11.5. The third-order valence-corrected chi connectivity index (χ3v) is 4.94. The predicted octanol–water partition coefficient (Wildman–Crippen LogP) is 2.76. The van der Waals surface area contributed by atoms with E-state index in [1.165, 1.54) is 12.2 Å². The standard InChI is InChI=1S/C14H28N2O2S/c1-13(2,3)18-12(17)16-9-11(15)8-10-6-7-19-14(10,4)5/h10-11H,6-9,15H2,1-5H3,(H,16,17). The fourth-order valence-corrected chi connectivity index (χ4v) is 3.69. The van der Waals surface area contributed by atoms with Crippen LogP contribution in [0.1, 0.15) is 47.5 Å². The maximum Gasteiger partial charge on any atom is 0.407 e. The Morgan fingerprint density at radius 1 is 1.53 bits per heavy atom. The van der Waals surface area contributed by atoms with Crippen LogP contribution < -0.4 is 11.1 Å². The van der Waals surface area contributed by atoms with Gasteiger partial charge in [0.1, 0.15) is 5.60 Å². The van der Waals surface area contributed by atoms with Crippen LogP contribution in [0.25, 0.3) is 0 Å². The largest absolute Gasteiger partial charge is 0.444 e. The second-order valence-corrected chi connectivity index (χ2v) is 8.57. The van der Waals surface area contributed by atoms with Crippen molar-refractivity contribution < 1.29 is 9.53 Å². The zero-order valence-electron chi connectivity index (χ0n) is 12.8. The lowest BCUT2D eigenvalue weighted by molar-refractivity contribution is 0.0523. The van der Waals surface area contributed by atoms with Crippen LogP contribution in [0.3, 0.4) is 0 Å². The van der Waals surface area contributed by atoms with Crippen molar-refractivity contribution >= 4 is 17.9 Å². The summed E-state index contributed by atoms with van der Waals surface area (Å²) in [7, 11) is 0. The van der Waals surface area contributed by atoms with Crippen molar-refractivity contribution in [3.8, 4) is 0 Å². The number of amides is 1. The van der Waals surface area contributed by atoms with Gasteiger partial charge < -0.3 is 15.8 Å². The highest BCUT2D eigenvalue weighted by Gasteiger charge is 2.35. The van der Waals surface area contributed by atoms with E-state index in [4.69, 9.17) is 10.5 Å². The normalized spacial score (nSPS) is 24.0. The number of rotatable bonds is 4. The molecule has 0 aromatic heterocycles. The van der Waals surface area contributed by atoms with E-state index in [1.54, 1.807) is 0 Å². The van der Waals surface area contributed by atoms with Gasteiger partial charge in [0.15, 0.2) is 0 Å². The van der Waals surface area contributed by atoms with Gasteiger partial charge in [0.05, 0.1) is 0 Å². The maximum absolute atomic E-state index is 11.5.